The Balaban J connectivity index is 2.02. The molecule has 0 radical (unpaired) electrons. The van der Waals surface area contributed by atoms with Crippen molar-refractivity contribution in [3.05, 3.63) is 64.7 Å². The van der Waals surface area contributed by atoms with Crippen molar-refractivity contribution >= 4 is 27.4 Å². The van der Waals surface area contributed by atoms with Gasteiger partial charge in [-0.1, -0.05) is 48.9 Å². The zero-order chi connectivity index (χ0) is 18.7. The minimum atomic E-state index is -3.76. The molecule has 7 heteroatoms. The second-order valence-electron chi connectivity index (χ2n) is 6.16. The number of carbonyl (C=O) groups is 1. The third-order valence-corrected chi connectivity index (χ3v) is 6.79. The molecule has 0 aliphatic carbocycles. The third kappa shape index (κ3) is 3.69. The van der Waals surface area contributed by atoms with Gasteiger partial charge in [0, 0.05) is 36.6 Å². The van der Waals surface area contributed by atoms with Crippen molar-refractivity contribution in [2.45, 2.75) is 24.3 Å². The molecule has 1 fully saturated rings. The summed E-state index contributed by atoms with van der Waals surface area (Å²) in [6.45, 7) is 3.14. The van der Waals surface area contributed by atoms with E-state index < -0.39 is 16.1 Å². The summed E-state index contributed by atoms with van der Waals surface area (Å²) < 4.78 is 28.1. The molecule has 26 heavy (non-hydrogen) atoms. The molecular weight excluding hydrogens is 372 g/mol. The number of nitrogens with one attached hydrogen (secondary N) is 1. The molecule has 2 aromatic carbocycles. The van der Waals surface area contributed by atoms with E-state index in [1.807, 2.05) is 18.2 Å². The third-order valence-electron chi connectivity index (χ3n) is 4.54. The number of nitrogens with zero attached hydrogens (tertiary/aromatic N) is 1. The van der Waals surface area contributed by atoms with Gasteiger partial charge < -0.3 is 5.32 Å². The number of carbonyl (C=O) groups excluding carboxylic acids is 1. The number of hydrogen-bond acceptors (Lipinski definition) is 4. The SMILES string of the molecule is CCC(=O)c1cccc(S(=O)(=O)N2CCNCC2c2ccccc2Cl)c1. The quantitative estimate of drug-likeness (QED) is 0.793. The van der Waals surface area contributed by atoms with Gasteiger partial charge in [-0.05, 0) is 23.8 Å². The molecule has 2 aromatic rings. The number of halogens is 1. The van der Waals surface area contributed by atoms with E-state index in [0.29, 0.717) is 36.6 Å². The van der Waals surface area contributed by atoms with E-state index in [1.165, 1.54) is 16.4 Å². The van der Waals surface area contributed by atoms with Gasteiger partial charge in [0.1, 0.15) is 0 Å². The lowest BCUT2D eigenvalue weighted by atomic mass is 10.1. The molecule has 138 valence electrons. The summed E-state index contributed by atoms with van der Waals surface area (Å²) in [7, 11) is -3.76. The Morgan fingerprint density at radius 2 is 2.00 bits per heavy atom. The zero-order valence-corrected chi connectivity index (χ0v) is 16.1. The number of Topliss-reactive ketones (excluding diaryl/α,β-unsaturated/α-hetero) is 1. The number of piperazine rings is 1. The van der Waals surface area contributed by atoms with Gasteiger partial charge in [0.15, 0.2) is 5.78 Å². The first-order valence-electron chi connectivity index (χ1n) is 8.55. The maximum absolute atomic E-state index is 13.3. The highest BCUT2D eigenvalue weighted by atomic mass is 35.5. The van der Waals surface area contributed by atoms with Crippen molar-refractivity contribution in [1.29, 1.82) is 0 Å². The molecule has 1 aliphatic rings. The minimum Gasteiger partial charge on any atom is -0.313 e. The number of hydrogen-bond donors (Lipinski definition) is 1. The molecule has 0 bridgehead atoms. The van der Waals surface area contributed by atoms with E-state index in [1.54, 1.807) is 25.1 Å². The van der Waals surface area contributed by atoms with E-state index in [4.69, 9.17) is 11.6 Å². The molecule has 0 amide bonds. The highest BCUT2D eigenvalue weighted by Crippen LogP contribution is 2.32. The van der Waals surface area contributed by atoms with Crippen molar-refractivity contribution in [2.24, 2.45) is 0 Å². The Hall–Kier alpha value is -1.73. The lowest BCUT2D eigenvalue weighted by Crippen LogP contribution is -2.48. The summed E-state index contributed by atoms with van der Waals surface area (Å²) in [6.07, 6.45) is 0.333. The maximum Gasteiger partial charge on any atom is 0.243 e. The fourth-order valence-corrected chi connectivity index (χ4v) is 5.07. The average Bonchev–Trinajstić information content (AvgIpc) is 2.68. The van der Waals surface area contributed by atoms with E-state index in [2.05, 4.69) is 5.32 Å². The number of sulfonamides is 1. The van der Waals surface area contributed by atoms with Gasteiger partial charge in [-0.15, -0.1) is 0 Å². The first-order valence-corrected chi connectivity index (χ1v) is 10.4. The number of ketones is 1. The molecular formula is C19H21ClN2O3S. The monoisotopic (exact) mass is 392 g/mol. The van der Waals surface area contributed by atoms with Crippen LogP contribution in [0.1, 0.15) is 35.3 Å². The van der Waals surface area contributed by atoms with Crippen LogP contribution in [0.4, 0.5) is 0 Å². The van der Waals surface area contributed by atoms with E-state index in [9.17, 15) is 13.2 Å². The van der Waals surface area contributed by atoms with Crippen LogP contribution in [0.15, 0.2) is 53.4 Å². The second kappa shape index (κ2) is 7.88. The molecule has 1 atom stereocenters. The van der Waals surface area contributed by atoms with Crippen molar-refractivity contribution < 1.29 is 13.2 Å². The molecule has 1 aliphatic heterocycles. The van der Waals surface area contributed by atoms with Gasteiger partial charge in [0.05, 0.1) is 10.9 Å². The Labute approximate surface area is 159 Å². The molecule has 5 nitrogen and oxygen atoms in total. The van der Waals surface area contributed by atoms with Crippen LogP contribution < -0.4 is 5.32 Å². The van der Waals surface area contributed by atoms with Crippen LogP contribution in [0.3, 0.4) is 0 Å². The number of benzene rings is 2. The first-order chi connectivity index (χ1) is 12.4. The van der Waals surface area contributed by atoms with Gasteiger partial charge >= 0.3 is 0 Å². The van der Waals surface area contributed by atoms with Crippen LogP contribution >= 0.6 is 11.6 Å². The topological polar surface area (TPSA) is 66.5 Å². The molecule has 1 saturated heterocycles. The van der Waals surface area contributed by atoms with Gasteiger partial charge in [0.25, 0.3) is 0 Å². The van der Waals surface area contributed by atoms with Crippen LogP contribution in [-0.2, 0) is 10.0 Å². The van der Waals surface area contributed by atoms with Crippen molar-refractivity contribution in [3.63, 3.8) is 0 Å². The van der Waals surface area contributed by atoms with Crippen LogP contribution in [0.25, 0.3) is 0 Å². The maximum atomic E-state index is 13.3. The van der Waals surface area contributed by atoms with Gasteiger partial charge in [-0.2, -0.15) is 4.31 Å². The average molecular weight is 393 g/mol. The van der Waals surface area contributed by atoms with E-state index >= 15 is 0 Å². The second-order valence-corrected chi connectivity index (χ2v) is 8.46. The van der Waals surface area contributed by atoms with Crippen LogP contribution in [-0.4, -0.2) is 38.1 Å². The molecule has 1 N–H and O–H groups in total. The normalized spacial score (nSPS) is 18.6. The number of rotatable bonds is 5. The largest absolute Gasteiger partial charge is 0.313 e. The zero-order valence-electron chi connectivity index (χ0n) is 14.5. The fraction of sp³-hybridized carbons (Fsp3) is 0.316. The standard InChI is InChI=1S/C19H21ClN2O3S/c1-2-19(23)14-6-5-7-15(12-14)26(24,25)22-11-10-21-13-18(22)16-8-3-4-9-17(16)20/h3-9,12,18,21H,2,10-11,13H2,1H3. The summed E-state index contributed by atoms with van der Waals surface area (Å²) in [5.74, 6) is -0.0787. The van der Waals surface area contributed by atoms with Gasteiger partial charge in [-0.25, -0.2) is 8.42 Å². The lowest BCUT2D eigenvalue weighted by molar-refractivity contribution is 0.0988. The minimum absolute atomic E-state index is 0.0787. The highest BCUT2D eigenvalue weighted by molar-refractivity contribution is 7.89. The molecule has 0 saturated carbocycles. The van der Waals surface area contributed by atoms with Gasteiger partial charge in [0.2, 0.25) is 10.0 Å². The van der Waals surface area contributed by atoms with Crippen molar-refractivity contribution in [1.82, 2.24) is 9.62 Å². The summed E-state index contributed by atoms with van der Waals surface area (Å²) in [6, 6.07) is 13.1. The summed E-state index contributed by atoms with van der Waals surface area (Å²) in [4.78, 5) is 12.1. The Morgan fingerprint density at radius 1 is 1.23 bits per heavy atom. The predicted molar refractivity (Wildman–Crippen MR) is 102 cm³/mol. The fourth-order valence-electron chi connectivity index (χ4n) is 3.15. The van der Waals surface area contributed by atoms with E-state index in [-0.39, 0.29) is 10.7 Å². The lowest BCUT2D eigenvalue weighted by Gasteiger charge is -2.35. The van der Waals surface area contributed by atoms with Crippen LogP contribution in [0, 0.1) is 0 Å². The highest BCUT2D eigenvalue weighted by Gasteiger charge is 2.35. The van der Waals surface area contributed by atoms with Crippen molar-refractivity contribution in [2.75, 3.05) is 19.6 Å². The Bertz CT molecular complexity index is 915. The molecule has 0 spiro atoms. The first kappa shape index (κ1) is 19.0. The van der Waals surface area contributed by atoms with Crippen LogP contribution in [0.2, 0.25) is 5.02 Å². The van der Waals surface area contributed by atoms with Gasteiger partial charge in [-0.3, -0.25) is 4.79 Å². The molecule has 1 unspecified atom stereocenters. The molecule has 3 rings (SSSR count). The summed E-state index contributed by atoms with van der Waals surface area (Å²) in [5, 5.41) is 3.77. The molecule has 1 heterocycles. The molecule has 0 aromatic heterocycles. The smallest absolute Gasteiger partial charge is 0.243 e. The summed E-state index contributed by atoms with van der Waals surface area (Å²) >= 11 is 6.31. The van der Waals surface area contributed by atoms with Crippen LogP contribution in [0.5, 0.6) is 0 Å². The predicted octanol–water partition coefficient (Wildman–Crippen LogP) is 3.27. The summed E-state index contributed by atoms with van der Waals surface area (Å²) in [5.41, 5.74) is 1.18. The van der Waals surface area contributed by atoms with Crippen molar-refractivity contribution in [3.8, 4) is 0 Å². The Morgan fingerprint density at radius 3 is 2.73 bits per heavy atom. The Kier molecular flexibility index (Phi) is 5.77. The van der Waals surface area contributed by atoms with E-state index in [0.717, 1.165) is 5.56 Å².